The van der Waals surface area contributed by atoms with Gasteiger partial charge in [-0.25, -0.2) is 0 Å². The fourth-order valence-electron chi connectivity index (χ4n) is 3.18. The first-order chi connectivity index (χ1) is 13.0. The van der Waals surface area contributed by atoms with Crippen LogP contribution in [0.4, 0.5) is 11.4 Å². The highest BCUT2D eigenvalue weighted by Crippen LogP contribution is 2.40. The number of phenolic OH excluding ortho intramolecular Hbond substituents is 1. The van der Waals surface area contributed by atoms with Gasteiger partial charge in [-0.15, -0.1) is 10.2 Å². The second-order valence-corrected chi connectivity index (χ2v) is 6.31. The standard InChI is InChI=1S/C20H15N3O4/c24-19-16-6-2-1-4-13(16)7-10-18(19)21-22-20(25)11-3-5-14-12-15(23(26)27)8-9-17(14)20/h1-10,12,24-25H,11H2. The first kappa shape index (κ1) is 16.9. The number of fused-ring (bicyclic) bond motifs is 2. The third-order valence-electron chi connectivity index (χ3n) is 4.58. The van der Waals surface area contributed by atoms with Crippen molar-refractivity contribution in [2.75, 3.05) is 0 Å². The predicted octanol–water partition coefficient (Wildman–Crippen LogP) is 4.80. The molecule has 134 valence electrons. The summed E-state index contributed by atoms with van der Waals surface area (Å²) in [4.78, 5) is 10.5. The molecule has 1 aliphatic rings. The quantitative estimate of drug-likeness (QED) is 0.397. The maximum Gasteiger partial charge on any atom is 0.270 e. The highest BCUT2D eigenvalue weighted by molar-refractivity contribution is 5.92. The number of aromatic hydroxyl groups is 1. The Balaban J connectivity index is 1.74. The molecule has 0 fully saturated rings. The molecule has 0 heterocycles. The molecule has 0 saturated heterocycles. The summed E-state index contributed by atoms with van der Waals surface area (Å²) in [5.74, 6) is -0.0178. The number of phenols is 1. The van der Waals surface area contributed by atoms with E-state index >= 15 is 0 Å². The number of azo groups is 1. The first-order valence-corrected chi connectivity index (χ1v) is 8.29. The van der Waals surface area contributed by atoms with E-state index < -0.39 is 10.6 Å². The Morgan fingerprint density at radius 1 is 1.11 bits per heavy atom. The molecule has 1 aliphatic carbocycles. The van der Waals surface area contributed by atoms with Crippen LogP contribution in [0.1, 0.15) is 17.5 Å². The molecule has 7 heteroatoms. The maximum atomic E-state index is 11.0. The number of hydrogen-bond donors (Lipinski definition) is 2. The van der Waals surface area contributed by atoms with Crippen LogP contribution in [0.3, 0.4) is 0 Å². The Hall–Kier alpha value is -3.58. The Kier molecular flexibility index (Phi) is 3.93. The molecule has 0 spiro atoms. The van der Waals surface area contributed by atoms with Crippen molar-refractivity contribution < 1.29 is 15.1 Å². The number of nitro benzene ring substituents is 1. The minimum atomic E-state index is -1.66. The van der Waals surface area contributed by atoms with E-state index in [2.05, 4.69) is 10.2 Å². The van der Waals surface area contributed by atoms with Gasteiger partial charge in [-0.1, -0.05) is 42.5 Å². The number of benzene rings is 3. The molecule has 0 aromatic heterocycles. The zero-order chi connectivity index (χ0) is 19.0. The fraction of sp³-hybridized carbons (Fsp3) is 0.100. The molecule has 3 aromatic carbocycles. The van der Waals surface area contributed by atoms with E-state index in [-0.39, 0.29) is 23.5 Å². The third kappa shape index (κ3) is 2.94. The van der Waals surface area contributed by atoms with Gasteiger partial charge >= 0.3 is 0 Å². The molecular weight excluding hydrogens is 346 g/mol. The van der Waals surface area contributed by atoms with Crippen LogP contribution in [0.2, 0.25) is 0 Å². The lowest BCUT2D eigenvalue weighted by molar-refractivity contribution is -0.384. The first-order valence-electron chi connectivity index (χ1n) is 8.29. The van der Waals surface area contributed by atoms with Crippen LogP contribution in [0.25, 0.3) is 16.8 Å². The molecule has 4 rings (SSSR count). The number of nitrogens with zero attached hydrogens (tertiary/aromatic N) is 3. The molecule has 0 amide bonds. The molecule has 1 atom stereocenters. The Morgan fingerprint density at radius 3 is 2.74 bits per heavy atom. The van der Waals surface area contributed by atoms with Crippen molar-refractivity contribution in [1.82, 2.24) is 0 Å². The van der Waals surface area contributed by atoms with E-state index in [9.17, 15) is 20.3 Å². The summed E-state index contributed by atoms with van der Waals surface area (Å²) >= 11 is 0. The van der Waals surface area contributed by atoms with Crippen LogP contribution >= 0.6 is 0 Å². The zero-order valence-corrected chi connectivity index (χ0v) is 14.1. The van der Waals surface area contributed by atoms with Gasteiger partial charge in [0.1, 0.15) is 5.69 Å². The normalized spacial score (nSPS) is 18.7. The van der Waals surface area contributed by atoms with Crippen LogP contribution in [-0.4, -0.2) is 15.1 Å². The smallest absolute Gasteiger partial charge is 0.270 e. The highest BCUT2D eigenvalue weighted by Gasteiger charge is 2.33. The maximum absolute atomic E-state index is 11.0. The third-order valence-corrected chi connectivity index (χ3v) is 4.58. The zero-order valence-electron chi connectivity index (χ0n) is 14.1. The predicted molar refractivity (Wildman–Crippen MR) is 101 cm³/mol. The highest BCUT2D eigenvalue weighted by atomic mass is 16.6. The van der Waals surface area contributed by atoms with Crippen molar-refractivity contribution in [1.29, 1.82) is 0 Å². The van der Waals surface area contributed by atoms with Crippen LogP contribution in [0, 0.1) is 10.1 Å². The summed E-state index contributed by atoms with van der Waals surface area (Å²) in [7, 11) is 0. The number of rotatable bonds is 3. The molecule has 27 heavy (non-hydrogen) atoms. The summed E-state index contributed by atoms with van der Waals surface area (Å²) < 4.78 is 0. The van der Waals surface area contributed by atoms with Crippen LogP contribution in [0.15, 0.2) is 70.9 Å². The molecular formula is C20H15N3O4. The van der Waals surface area contributed by atoms with Gasteiger partial charge in [-0.3, -0.25) is 10.1 Å². The topological polar surface area (TPSA) is 108 Å². The SMILES string of the molecule is O=[N+]([O-])c1ccc2c(c1)C=CCC2(O)N=Nc1ccc2ccccc2c1O. The number of aliphatic hydroxyl groups is 1. The van der Waals surface area contributed by atoms with Gasteiger partial charge in [0.05, 0.1) is 4.92 Å². The van der Waals surface area contributed by atoms with E-state index in [0.29, 0.717) is 16.5 Å². The summed E-state index contributed by atoms with van der Waals surface area (Å²) in [5.41, 5.74) is -0.539. The Bertz CT molecular complexity index is 1120. The largest absolute Gasteiger partial charge is 0.505 e. The van der Waals surface area contributed by atoms with Gasteiger partial charge in [-0.05, 0) is 23.1 Å². The summed E-state index contributed by atoms with van der Waals surface area (Å²) in [5, 5.41) is 42.0. The van der Waals surface area contributed by atoms with E-state index in [1.807, 2.05) is 24.3 Å². The fourth-order valence-corrected chi connectivity index (χ4v) is 3.18. The van der Waals surface area contributed by atoms with Crippen LogP contribution < -0.4 is 0 Å². The Morgan fingerprint density at radius 2 is 1.93 bits per heavy atom. The molecule has 0 bridgehead atoms. The van der Waals surface area contributed by atoms with Crippen molar-refractivity contribution >= 4 is 28.2 Å². The minimum Gasteiger partial charge on any atom is -0.505 e. The average Bonchev–Trinajstić information content (AvgIpc) is 2.67. The van der Waals surface area contributed by atoms with Gasteiger partial charge in [0, 0.05) is 29.5 Å². The molecule has 1 unspecified atom stereocenters. The summed E-state index contributed by atoms with van der Waals surface area (Å²) in [6, 6.07) is 15.0. The van der Waals surface area contributed by atoms with Crippen LogP contribution in [0.5, 0.6) is 5.75 Å². The van der Waals surface area contributed by atoms with E-state index in [4.69, 9.17) is 0 Å². The monoisotopic (exact) mass is 361 g/mol. The minimum absolute atomic E-state index is 0.0178. The Labute approximate surface area is 154 Å². The molecule has 3 aromatic rings. The van der Waals surface area contributed by atoms with E-state index in [0.717, 1.165) is 5.39 Å². The average molecular weight is 361 g/mol. The molecule has 0 radical (unpaired) electrons. The van der Waals surface area contributed by atoms with Crippen molar-refractivity contribution in [2.45, 2.75) is 12.1 Å². The van der Waals surface area contributed by atoms with Crippen molar-refractivity contribution in [3.63, 3.8) is 0 Å². The number of non-ortho nitro benzene ring substituents is 1. The second kappa shape index (κ2) is 6.30. The lowest BCUT2D eigenvalue weighted by Crippen LogP contribution is -2.25. The van der Waals surface area contributed by atoms with Gasteiger partial charge in [0.15, 0.2) is 5.75 Å². The number of hydrogen-bond acceptors (Lipinski definition) is 6. The summed E-state index contributed by atoms with van der Waals surface area (Å²) in [6.07, 6.45) is 3.57. The van der Waals surface area contributed by atoms with Gasteiger partial charge < -0.3 is 10.2 Å². The van der Waals surface area contributed by atoms with Gasteiger partial charge in [-0.2, -0.15) is 0 Å². The second-order valence-electron chi connectivity index (χ2n) is 6.31. The molecule has 0 saturated carbocycles. The molecule has 0 aliphatic heterocycles. The van der Waals surface area contributed by atoms with Crippen molar-refractivity contribution in [3.8, 4) is 5.75 Å². The summed E-state index contributed by atoms with van der Waals surface area (Å²) in [6.45, 7) is 0. The van der Waals surface area contributed by atoms with Crippen molar-refractivity contribution in [2.24, 2.45) is 10.2 Å². The lowest BCUT2D eigenvalue weighted by atomic mass is 9.89. The van der Waals surface area contributed by atoms with E-state index in [1.165, 1.54) is 18.2 Å². The van der Waals surface area contributed by atoms with Crippen LogP contribution in [-0.2, 0) is 5.72 Å². The number of nitro groups is 1. The van der Waals surface area contributed by atoms with Gasteiger partial charge in [0.25, 0.3) is 5.69 Å². The molecule has 2 N–H and O–H groups in total. The van der Waals surface area contributed by atoms with Crippen molar-refractivity contribution in [3.05, 3.63) is 81.9 Å². The molecule has 7 nitrogen and oxygen atoms in total. The van der Waals surface area contributed by atoms with E-state index in [1.54, 1.807) is 24.3 Å². The lowest BCUT2D eigenvalue weighted by Gasteiger charge is -2.26. The van der Waals surface area contributed by atoms with Gasteiger partial charge in [0.2, 0.25) is 5.72 Å².